The highest BCUT2D eigenvalue weighted by Crippen LogP contribution is 2.26. The van der Waals surface area contributed by atoms with E-state index in [0.29, 0.717) is 6.42 Å². The van der Waals surface area contributed by atoms with Gasteiger partial charge in [0, 0.05) is 11.7 Å². The molecule has 0 spiro atoms. The van der Waals surface area contributed by atoms with E-state index in [-0.39, 0.29) is 42.6 Å². The lowest BCUT2D eigenvalue weighted by Crippen LogP contribution is -2.49. The van der Waals surface area contributed by atoms with Gasteiger partial charge in [0.25, 0.3) is 0 Å². The lowest BCUT2D eigenvalue weighted by atomic mass is 10.1. The Hall–Kier alpha value is -1.91. The van der Waals surface area contributed by atoms with E-state index in [1.54, 1.807) is 4.90 Å². The Kier molecular flexibility index (Phi) is 7.08. The molecule has 2 fully saturated rings. The lowest BCUT2D eigenvalue weighted by molar-refractivity contribution is -0.120. The van der Waals surface area contributed by atoms with Crippen LogP contribution in [0.5, 0.6) is 0 Å². The van der Waals surface area contributed by atoms with Crippen molar-refractivity contribution in [2.45, 2.75) is 57.0 Å². The van der Waals surface area contributed by atoms with Crippen LogP contribution in [0.2, 0.25) is 0 Å². The van der Waals surface area contributed by atoms with Crippen LogP contribution >= 0.6 is 0 Å². The summed E-state index contributed by atoms with van der Waals surface area (Å²) in [4.78, 5) is 17.0. The van der Waals surface area contributed by atoms with Gasteiger partial charge in [-0.05, 0) is 31.4 Å². The zero-order chi connectivity index (χ0) is 20.0. The van der Waals surface area contributed by atoms with Crippen molar-refractivity contribution < 1.29 is 13.2 Å². The number of amides is 1. The highest BCUT2D eigenvalue weighted by Gasteiger charge is 2.36. The van der Waals surface area contributed by atoms with Crippen LogP contribution in [0.1, 0.15) is 44.9 Å². The standard InChI is InChI=1S/C21H29N3O3S/c22-13-14-23(18-8-4-1-2-5-9-18)16-21(25)24(19-10-6-3-7-11-19)20-12-15-28(26,27)17-20/h3,6-7,10-11,18,20H,1-2,4-5,8-9,12,14-17H2/t20-/m1/s1. The zero-order valence-electron chi connectivity index (χ0n) is 16.3. The summed E-state index contributed by atoms with van der Waals surface area (Å²) in [5.74, 6) is 0.0153. The molecule has 0 radical (unpaired) electrons. The molecule has 0 aromatic heterocycles. The molecule has 1 aliphatic carbocycles. The fourth-order valence-corrected chi connectivity index (χ4v) is 6.10. The van der Waals surface area contributed by atoms with Crippen molar-refractivity contribution in [2.24, 2.45) is 0 Å². The van der Waals surface area contributed by atoms with E-state index >= 15 is 0 Å². The van der Waals surface area contributed by atoms with Crippen LogP contribution in [0, 0.1) is 11.3 Å². The second kappa shape index (κ2) is 9.53. The van der Waals surface area contributed by atoms with E-state index in [1.807, 2.05) is 35.2 Å². The summed E-state index contributed by atoms with van der Waals surface area (Å²) < 4.78 is 24.0. The Morgan fingerprint density at radius 1 is 1.04 bits per heavy atom. The van der Waals surface area contributed by atoms with Gasteiger partial charge in [-0.25, -0.2) is 8.42 Å². The number of hydrogen-bond donors (Lipinski definition) is 0. The van der Waals surface area contributed by atoms with Gasteiger partial charge in [-0.1, -0.05) is 43.9 Å². The van der Waals surface area contributed by atoms with Crippen LogP contribution in [0.15, 0.2) is 30.3 Å². The summed E-state index contributed by atoms with van der Waals surface area (Å²) in [6.45, 7) is 0.381. The predicted molar refractivity (Wildman–Crippen MR) is 110 cm³/mol. The first kappa shape index (κ1) is 20.8. The highest BCUT2D eigenvalue weighted by molar-refractivity contribution is 7.91. The van der Waals surface area contributed by atoms with Crippen molar-refractivity contribution in [1.29, 1.82) is 5.26 Å². The van der Waals surface area contributed by atoms with E-state index in [1.165, 1.54) is 12.8 Å². The molecule has 6 nitrogen and oxygen atoms in total. The molecule has 1 saturated heterocycles. The van der Waals surface area contributed by atoms with Crippen LogP contribution in [0.3, 0.4) is 0 Å². The van der Waals surface area contributed by atoms with Gasteiger partial charge in [-0.15, -0.1) is 0 Å². The van der Waals surface area contributed by atoms with E-state index in [4.69, 9.17) is 0 Å². The molecule has 1 heterocycles. The quantitative estimate of drug-likeness (QED) is 0.539. The zero-order valence-corrected chi connectivity index (χ0v) is 17.1. The average Bonchev–Trinajstić information content (AvgIpc) is 2.87. The van der Waals surface area contributed by atoms with Gasteiger partial charge in [0.1, 0.15) is 0 Å². The number of rotatable bonds is 6. The average molecular weight is 404 g/mol. The summed E-state index contributed by atoms with van der Waals surface area (Å²) in [6, 6.07) is 11.4. The van der Waals surface area contributed by atoms with Gasteiger partial charge >= 0.3 is 0 Å². The third-order valence-corrected chi connectivity index (χ3v) is 7.58. The largest absolute Gasteiger partial charge is 0.307 e. The third-order valence-electron chi connectivity index (χ3n) is 5.83. The topological polar surface area (TPSA) is 81.5 Å². The van der Waals surface area contributed by atoms with Crippen LogP contribution in [0.4, 0.5) is 5.69 Å². The van der Waals surface area contributed by atoms with Crippen molar-refractivity contribution in [2.75, 3.05) is 29.5 Å². The highest BCUT2D eigenvalue weighted by atomic mass is 32.2. The molecule has 1 aromatic rings. The molecule has 152 valence electrons. The first-order valence-electron chi connectivity index (χ1n) is 10.2. The number of benzene rings is 1. The summed E-state index contributed by atoms with van der Waals surface area (Å²) in [5.41, 5.74) is 0.729. The molecule has 7 heteroatoms. The number of anilines is 1. The molecule has 1 aliphatic heterocycles. The van der Waals surface area contributed by atoms with Gasteiger partial charge in [-0.3, -0.25) is 9.69 Å². The van der Waals surface area contributed by atoms with Crippen LogP contribution in [-0.2, 0) is 14.6 Å². The maximum absolute atomic E-state index is 13.3. The molecule has 0 unspecified atom stereocenters. The Bertz CT molecular complexity index is 796. The van der Waals surface area contributed by atoms with Gasteiger partial charge < -0.3 is 4.90 Å². The Morgan fingerprint density at radius 2 is 1.71 bits per heavy atom. The number of nitrogens with zero attached hydrogens (tertiary/aromatic N) is 3. The number of carbonyl (C=O) groups excluding carboxylic acids is 1. The fourth-order valence-electron chi connectivity index (χ4n) is 4.40. The van der Waals surface area contributed by atoms with E-state index in [2.05, 4.69) is 6.07 Å². The molecular formula is C21H29N3O3S. The minimum Gasteiger partial charge on any atom is -0.307 e. The maximum atomic E-state index is 13.3. The number of hydrogen-bond acceptors (Lipinski definition) is 5. The normalized spacial score (nSPS) is 22.5. The molecule has 1 amide bonds. The monoisotopic (exact) mass is 403 g/mol. The van der Waals surface area contributed by atoms with Crippen LogP contribution in [-0.4, -0.2) is 55.9 Å². The van der Waals surface area contributed by atoms with Gasteiger partial charge in [0.2, 0.25) is 5.91 Å². The molecule has 0 N–H and O–H groups in total. The van der Waals surface area contributed by atoms with Crippen molar-refractivity contribution in [3.8, 4) is 6.07 Å². The molecule has 28 heavy (non-hydrogen) atoms. The summed E-state index contributed by atoms with van der Waals surface area (Å²) >= 11 is 0. The van der Waals surface area contributed by atoms with E-state index in [0.717, 1.165) is 31.4 Å². The molecule has 1 aromatic carbocycles. The number of carbonyl (C=O) groups is 1. The predicted octanol–water partition coefficient (Wildman–Crippen LogP) is 2.76. The van der Waals surface area contributed by atoms with Crippen molar-refractivity contribution >= 4 is 21.4 Å². The third kappa shape index (κ3) is 5.33. The van der Waals surface area contributed by atoms with E-state index in [9.17, 15) is 18.5 Å². The Balaban J connectivity index is 1.80. The lowest BCUT2D eigenvalue weighted by Gasteiger charge is -2.33. The second-order valence-corrected chi connectivity index (χ2v) is 10.1. The second-order valence-electron chi connectivity index (χ2n) is 7.86. The minimum atomic E-state index is -3.11. The first-order valence-corrected chi connectivity index (χ1v) is 12.0. The van der Waals surface area contributed by atoms with Gasteiger partial charge in [-0.2, -0.15) is 5.26 Å². The number of nitriles is 1. The van der Waals surface area contributed by atoms with E-state index < -0.39 is 9.84 Å². The summed E-state index contributed by atoms with van der Waals surface area (Å²) in [7, 11) is -3.11. The number of sulfone groups is 1. The first-order chi connectivity index (χ1) is 13.5. The SMILES string of the molecule is N#CCN(CC(=O)N(c1ccccc1)[C@@H]1CCS(=O)(=O)C1)C1CCCCCC1. The molecular weight excluding hydrogens is 374 g/mol. The molecule has 1 atom stereocenters. The van der Waals surface area contributed by atoms with Gasteiger partial charge in [0.15, 0.2) is 9.84 Å². The molecule has 1 saturated carbocycles. The van der Waals surface area contributed by atoms with Crippen molar-refractivity contribution in [3.05, 3.63) is 30.3 Å². The molecule has 2 aliphatic rings. The Labute approximate surface area is 168 Å². The van der Waals surface area contributed by atoms with Crippen molar-refractivity contribution in [3.63, 3.8) is 0 Å². The fraction of sp³-hybridized carbons (Fsp3) is 0.619. The van der Waals surface area contributed by atoms with Crippen LogP contribution in [0.25, 0.3) is 0 Å². The van der Waals surface area contributed by atoms with Gasteiger partial charge in [0.05, 0.1) is 36.7 Å². The molecule has 0 bridgehead atoms. The summed E-state index contributed by atoms with van der Waals surface area (Å²) in [6.07, 6.45) is 7.16. The van der Waals surface area contributed by atoms with Crippen LogP contribution < -0.4 is 4.90 Å². The minimum absolute atomic E-state index is 0.00924. The maximum Gasteiger partial charge on any atom is 0.241 e. The molecule has 3 rings (SSSR count). The Morgan fingerprint density at radius 3 is 2.29 bits per heavy atom. The summed E-state index contributed by atoms with van der Waals surface area (Å²) in [5, 5.41) is 9.29. The van der Waals surface area contributed by atoms with Crippen molar-refractivity contribution in [1.82, 2.24) is 4.90 Å². The number of para-hydroxylation sites is 1. The smallest absolute Gasteiger partial charge is 0.241 e.